The minimum Gasteiger partial charge on any atom is -0.303 e. The zero-order chi connectivity index (χ0) is 15.0. The number of rotatable bonds is 4. The SMILES string of the molecule is Cc1ccc([C@@H]2[C@H](C=O)[C@@H]2S(=O)(=O)c2ccccc2)cc1. The lowest BCUT2D eigenvalue weighted by molar-refractivity contribution is -0.108. The van der Waals surface area contributed by atoms with E-state index in [0.717, 1.165) is 17.4 Å². The van der Waals surface area contributed by atoms with Crippen molar-refractivity contribution in [3.8, 4) is 0 Å². The second-order valence-corrected chi connectivity index (χ2v) is 7.58. The summed E-state index contributed by atoms with van der Waals surface area (Å²) in [5.41, 5.74) is 2.03. The normalized spacial score (nSPS) is 24.5. The molecule has 1 fully saturated rings. The van der Waals surface area contributed by atoms with Gasteiger partial charge in [-0.1, -0.05) is 48.0 Å². The van der Waals surface area contributed by atoms with Gasteiger partial charge in [-0.25, -0.2) is 8.42 Å². The van der Waals surface area contributed by atoms with Crippen molar-refractivity contribution in [1.29, 1.82) is 0 Å². The van der Waals surface area contributed by atoms with Crippen LogP contribution in [0.5, 0.6) is 0 Å². The Morgan fingerprint density at radius 1 is 0.952 bits per heavy atom. The molecule has 0 heterocycles. The van der Waals surface area contributed by atoms with E-state index in [1.54, 1.807) is 30.3 Å². The molecule has 0 amide bonds. The molecule has 1 saturated carbocycles. The Morgan fingerprint density at radius 2 is 1.57 bits per heavy atom. The average molecular weight is 300 g/mol. The smallest absolute Gasteiger partial charge is 0.182 e. The lowest BCUT2D eigenvalue weighted by Crippen LogP contribution is -2.10. The molecule has 2 aromatic rings. The lowest BCUT2D eigenvalue weighted by Gasteiger charge is -2.04. The number of carbonyl (C=O) groups is 1. The third kappa shape index (κ3) is 2.40. The molecule has 1 aliphatic rings. The third-order valence-corrected chi connectivity index (χ3v) is 6.31. The highest BCUT2D eigenvalue weighted by Gasteiger charge is 2.58. The number of carbonyl (C=O) groups excluding carboxylic acids is 1. The summed E-state index contributed by atoms with van der Waals surface area (Å²) in [5.74, 6) is -0.675. The van der Waals surface area contributed by atoms with Crippen LogP contribution in [0.4, 0.5) is 0 Å². The third-order valence-electron chi connectivity index (χ3n) is 4.06. The van der Waals surface area contributed by atoms with Gasteiger partial charge < -0.3 is 4.79 Å². The zero-order valence-electron chi connectivity index (χ0n) is 11.6. The fraction of sp³-hybridized carbons (Fsp3) is 0.235. The first-order valence-electron chi connectivity index (χ1n) is 6.86. The van der Waals surface area contributed by atoms with Crippen molar-refractivity contribution in [2.24, 2.45) is 5.92 Å². The van der Waals surface area contributed by atoms with Gasteiger partial charge in [-0.2, -0.15) is 0 Å². The molecule has 3 atom stereocenters. The molecule has 0 spiro atoms. The summed E-state index contributed by atoms with van der Waals surface area (Å²) in [5, 5.41) is -0.639. The maximum atomic E-state index is 12.7. The maximum absolute atomic E-state index is 12.7. The predicted molar refractivity (Wildman–Crippen MR) is 80.9 cm³/mol. The number of hydrogen-bond donors (Lipinski definition) is 0. The topological polar surface area (TPSA) is 51.2 Å². The van der Waals surface area contributed by atoms with Gasteiger partial charge in [0.25, 0.3) is 0 Å². The monoisotopic (exact) mass is 300 g/mol. The highest BCUT2D eigenvalue weighted by Crippen LogP contribution is 2.52. The number of aldehydes is 1. The summed E-state index contributed by atoms with van der Waals surface area (Å²) in [6, 6.07) is 16.1. The summed E-state index contributed by atoms with van der Waals surface area (Å²) >= 11 is 0. The summed E-state index contributed by atoms with van der Waals surface area (Å²) in [7, 11) is -3.47. The highest BCUT2D eigenvalue weighted by atomic mass is 32.2. The first-order valence-corrected chi connectivity index (χ1v) is 8.41. The Labute approximate surface area is 124 Å². The van der Waals surface area contributed by atoms with Crippen LogP contribution < -0.4 is 0 Å². The maximum Gasteiger partial charge on any atom is 0.182 e. The Balaban J connectivity index is 1.96. The van der Waals surface area contributed by atoms with Gasteiger partial charge in [-0.05, 0) is 24.6 Å². The molecule has 1 aliphatic carbocycles. The van der Waals surface area contributed by atoms with Crippen molar-refractivity contribution in [2.75, 3.05) is 0 Å². The van der Waals surface area contributed by atoms with Crippen molar-refractivity contribution in [3.63, 3.8) is 0 Å². The number of benzene rings is 2. The first kappa shape index (κ1) is 14.0. The van der Waals surface area contributed by atoms with Crippen LogP contribution in [0.3, 0.4) is 0 Å². The van der Waals surface area contributed by atoms with E-state index in [1.165, 1.54) is 0 Å². The molecule has 21 heavy (non-hydrogen) atoms. The van der Waals surface area contributed by atoms with Crippen LogP contribution in [-0.2, 0) is 14.6 Å². The Hall–Kier alpha value is -1.94. The predicted octanol–water partition coefficient (Wildman–Crippen LogP) is 2.75. The summed E-state index contributed by atoms with van der Waals surface area (Å²) in [4.78, 5) is 11.5. The molecule has 0 bridgehead atoms. The van der Waals surface area contributed by atoms with Gasteiger partial charge in [0.15, 0.2) is 9.84 Å². The molecule has 0 N–H and O–H groups in total. The molecule has 0 unspecified atom stereocenters. The largest absolute Gasteiger partial charge is 0.303 e. The molecular weight excluding hydrogens is 284 g/mol. The van der Waals surface area contributed by atoms with Crippen LogP contribution in [0.15, 0.2) is 59.5 Å². The quantitative estimate of drug-likeness (QED) is 0.816. The van der Waals surface area contributed by atoms with E-state index in [-0.39, 0.29) is 10.8 Å². The van der Waals surface area contributed by atoms with Crippen molar-refractivity contribution in [2.45, 2.75) is 23.0 Å². The van der Waals surface area contributed by atoms with E-state index in [4.69, 9.17) is 0 Å². The Bertz CT molecular complexity index is 748. The van der Waals surface area contributed by atoms with Crippen molar-refractivity contribution >= 4 is 16.1 Å². The summed E-state index contributed by atoms with van der Waals surface area (Å²) < 4.78 is 25.3. The van der Waals surface area contributed by atoms with Gasteiger partial charge in [-0.15, -0.1) is 0 Å². The molecule has 0 aliphatic heterocycles. The fourth-order valence-electron chi connectivity index (χ4n) is 2.84. The van der Waals surface area contributed by atoms with Crippen LogP contribution in [0.25, 0.3) is 0 Å². The second-order valence-electron chi connectivity index (χ2n) is 5.47. The Morgan fingerprint density at radius 3 is 2.14 bits per heavy atom. The van der Waals surface area contributed by atoms with Gasteiger partial charge in [0.1, 0.15) is 6.29 Å². The van der Waals surface area contributed by atoms with Gasteiger partial charge in [0.2, 0.25) is 0 Å². The van der Waals surface area contributed by atoms with Crippen LogP contribution in [-0.4, -0.2) is 20.0 Å². The molecule has 0 saturated heterocycles. The molecule has 3 rings (SSSR count). The van der Waals surface area contributed by atoms with E-state index in [0.29, 0.717) is 0 Å². The minimum absolute atomic E-state index is 0.228. The number of sulfone groups is 1. The molecule has 2 aromatic carbocycles. The van der Waals surface area contributed by atoms with Gasteiger partial charge in [-0.3, -0.25) is 0 Å². The molecule has 0 radical (unpaired) electrons. The van der Waals surface area contributed by atoms with Crippen molar-refractivity contribution in [3.05, 3.63) is 65.7 Å². The second kappa shape index (κ2) is 5.11. The molecule has 0 aromatic heterocycles. The van der Waals surface area contributed by atoms with Gasteiger partial charge >= 0.3 is 0 Å². The van der Waals surface area contributed by atoms with Crippen LogP contribution in [0, 0.1) is 12.8 Å². The van der Waals surface area contributed by atoms with E-state index < -0.39 is 21.0 Å². The minimum atomic E-state index is -3.47. The van der Waals surface area contributed by atoms with Crippen LogP contribution in [0.1, 0.15) is 17.0 Å². The van der Waals surface area contributed by atoms with Crippen LogP contribution >= 0.6 is 0 Å². The Kier molecular flexibility index (Phi) is 3.41. The van der Waals surface area contributed by atoms with Gasteiger partial charge in [0, 0.05) is 11.8 Å². The molecule has 3 nitrogen and oxygen atoms in total. The molecular formula is C17H16O3S. The summed E-state index contributed by atoms with van der Waals surface area (Å²) in [6.07, 6.45) is 0.773. The molecule has 108 valence electrons. The lowest BCUT2D eigenvalue weighted by atomic mass is 10.1. The number of hydrogen-bond acceptors (Lipinski definition) is 3. The van der Waals surface area contributed by atoms with Crippen molar-refractivity contribution < 1.29 is 13.2 Å². The van der Waals surface area contributed by atoms with E-state index in [2.05, 4.69) is 0 Å². The zero-order valence-corrected chi connectivity index (χ0v) is 12.5. The highest BCUT2D eigenvalue weighted by molar-refractivity contribution is 7.92. The van der Waals surface area contributed by atoms with E-state index in [9.17, 15) is 13.2 Å². The molecule has 4 heteroatoms. The van der Waals surface area contributed by atoms with E-state index in [1.807, 2.05) is 31.2 Å². The fourth-order valence-corrected chi connectivity index (χ4v) is 4.97. The first-order chi connectivity index (χ1) is 10.1. The van der Waals surface area contributed by atoms with Crippen molar-refractivity contribution in [1.82, 2.24) is 0 Å². The standard InChI is InChI=1S/C17H16O3S/c1-12-7-9-13(10-8-12)16-15(11-18)17(16)21(19,20)14-5-3-2-4-6-14/h2-11,15-17H,1H3/t15-,16+,17-/m0/s1. The average Bonchev–Trinajstić information content (AvgIpc) is 3.24. The van der Waals surface area contributed by atoms with Gasteiger partial charge in [0.05, 0.1) is 10.1 Å². The van der Waals surface area contributed by atoms with E-state index >= 15 is 0 Å². The number of aryl methyl sites for hydroxylation is 1. The van der Waals surface area contributed by atoms with Crippen LogP contribution in [0.2, 0.25) is 0 Å². The summed E-state index contributed by atoms with van der Waals surface area (Å²) in [6.45, 7) is 1.98.